The Morgan fingerprint density at radius 3 is 2.71 bits per heavy atom. The molecule has 0 unspecified atom stereocenters. The standard InChI is InChI=1S/C28H34Cl2N6O2/c1-3-22-18-35(27-25(30)14-20(16-33-27)26-31-8-9-32-26)12-13-36(22)23-6-10-34(11-7-23)17-19-4-5-21(29)15-24(19)28(37)38-2/h3-5,14-16,22-23H,1,6-13,17-18H2,2H3,(H,31,32)/t22-/m0/s1. The average Bonchev–Trinajstić information content (AvgIpc) is 3.49. The van der Waals surface area contributed by atoms with Crippen LogP contribution in [0.4, 0.5) is 5.82 Å². The summed E-state index contributed by atoms with van der Waals surface area (Å²) in [5.41, 5.74) is 2.42. The van der Waals surface area contributed by atoms with Crippen molar-refractivity contribution in [3.05, 3.63) is 69.9 Å². The van der Waals surface area contributed by atoms with Gasteiger partial charge in [-0.3, -0.25) is 14.8 Å². The molecule has 5 rings (SSSR count). The summed E-state index contributed by atoms with van der Waals surface area (Å²) in [5.74, 6) is 1.33. The number of carbonyl (C=O) groups is 1. The Morgan fingerprint density at radius 1 is 1.21 bits per heavy atom. The van der Waals surface area contributed by atoms with Crippen molar-refractivity contribution >= 4 is 40.8 Å². The van der Waals surface area contributed by atoms with E-state index in [0.717, 1.165) is 81.4 Å². The third-order valence-corrected chi connectivity index (χ3v) is 8.21. The number of carbonyl (C=O) groups excluding carboxylic acids is 1. The number of nitrogens with zero attached hydrogens (tertiary/aromatic N) is 5. The topological polar surface area (TPSA) is 73.3 Å². The molecule has 0 aliphatic carbocycles. The Hall–Kier alpha value is -2.65. The molecule has 0 amide bonds. The molecule has 2 saturated heterocycles. The van der Waals surface area contributed by atoms with Crippen LogP contribution in [-0.4, -0.2) is 91.6 Å². The van der Waals surface area contributed by atoms with Crippen molar-refractivity contribution in [2.45, 2.75) is 31.5 Å². The zero-order chi connectivity index (χ0) is 26.6. The Bertz CT molecular complexity index is 1210. The first kappa shape index (κ1) is 26.9. The number of hydrogen-bond acceptors (Lipinski definition) is 8. The van der Waals surface area contributed by atoms with Crippen LogP contribution in [0.3, 0.4) is 0 Å². The van der Waals surface area contributed by atoms with Crippen LogP contribution in [-0.2, 0) is 11.3 Å². The van der Waals surface area contributed by atoms with Crippen LogP contribution in [0.15, 0.2) is 48.1 Å². The normalized spacial score (nSPS) is 21.2. The predicted molar refractivity (Wildman–Crippen MR) is 153 cm³/mol. The monoisotopic (exact) mass is 556 g/mol. The van der Waals surface area contributed by atoms with Crippen molar-refractivity contribution in [2.24, 2.45) is 4.99 Å². The van der Waals surface area contributed by atoms with Gasteiger partial charge in [0, 0.05) is 61.6 Å². The lowest BCUT2D eigenvalue weighted by Gasteiger charge is -2.47. The molecule has 2 aromatic rings. The first-order valence-electron chi connectivity index (χ1n) is 13.1. The van der Waals surface area contributed by atoms with E-state index in [1.54, 1.807) is 6.07 Å². The molecule has 2 fully saturated rings. The molecule has 0 spiro atoms. The number of methoxy groups -OCH3 is 1. The van der Waals surface area contributed by atoms with E-state index < -0.39 is 0 Å². The minimum Gasteiger partial charge on any atom is -0.465 e. The van der Waals surface area contributed by atoms with Gasteiger partial charge < -0.3 is 15.0 Å². The molecule has 4 heterocycles. The maximum absolute atomic E-state index is 12.2. The number of esters is 1. The largest absolute Gasteiger partial charge is 0.465 e. The van der Waals surface area contributed by atoms with Crippen LogP contribution in [0.2, 0.25) is 10.0 Å². The van der Waals surface area contributed by atoms with Gasteiger partial charge in [-0.2, -0.15) is 0 Å². The highest BCUT2D eigenvalue weighted by Crippen LogP contribution is 2.30. The highest BCUT2D eigenvalue weighted by Gasteiger charge is 2.33. The summed E-state index contributed by atoms with van der Waals surface area (Å²) < 4.78 is 4.96. The lowest BCUT2D eigenvalue weighted by molar-refractivity contribution is 0.0594. The number of piperazine rings is 1. The minimum absolute atomic E-state index is 0.223. The van der Waals surface area contributed by atoms with Crippen molar-refractivity contribution in [2.75, 3.05) is 57.8 Å². The van der Waals surface area contributed by atoms with Crippen LogP contribution in [0.25, 0.3) is 0 Å². The highest BCUT2D eigenvalue weighted by molar-refractivity contribution is 6.33. The fourth-order valence-corrected chi connectivity index (χ4v) is 6.16. The van der Waals surface area contributed by atoms with Gasteiger partial charge >= 0.3 is 5.97 Å². The van der Waals surface area contributed by atoms with E-state index in [1.807, 2.05) is 30.5 Å². The molecule has 38 heavy (non-hydrogen) atoms. The molecule has 1 aromatic heterocycles. The number of nitrogens with one attached hydrogen (secondary N) is 1. The zero-order valence-electron chi connectivity index (χ0n) is 21.7. The minimum atomic E-state index is -0.350. The predicted octanol–water partition coefficient (Wildman–Crippen LogP) is 3.87. The Balaban J connectivity index is 1.19. The lowest BCUT2D eigenvalue weighted by atomic mass is 9.98. The van der Waals surface area contributed by atoms with Gasteiger partial charge in [0.25, 0.3) is 0 Å². The first-order chi connectivity index (χ1) is 18.5. The highest BCUT2D eigenvalue weighted by atomic mass is 35.5. The molecule has 0 saturated carbocycles. The molecule has 1 N–H and O–H groups in total. The number of aromatic nitrogens is 1. The third kappa shape index (κ3) is 5.83. The summed E-state index contributed by atoms with van der Waals surface area (Å²) in [7, 11) is 1.40. The fourth-order valence-electron chi connectivity index (χ4n) is 5.70. The zero-order valence-corrected chi connectivity index (χ0v) is 23.2. The van der Waals surface area contributed by atoms with E-state index in [0.29, 0.717) is 28.2 Å². The molecule has 3 aliphatic rings. The summed E-state index contributed by atoms with van der Waals surface area (Å²) in [4.78, 5) is 28.7. The number of halogens is 2. The second-order valence-corrected chi connectivity index (χ2v) is 10.8. The molecule has 10 heteroatoms. The first-order valence-corrected chi connectivity index (χ1v) is 13.9. The molecule has 0 bridgehead atoms. The number of piperidine rings is 1. The number of hydrogen-bond donors (Lipinski definition) is 1. The number of likely N-dealkylation sites (tertiary alicyclic amines) is 1. The summed E-state index contributed by atoms with van der Waals surface area (Å²) in [6.45, 7) is 11.0. The smallest absolute Gasteiger partial charge is 0.338 e. The maximum Gasteiger partial charge on any atom is 0.338 e. The van der Waals surface area contributed by atoms with Gasteiger partial charge in [0.05, 0.1) is 24.2 Å². The van der Waals surface area contributed by atoms with E-state index >= 15 is 0 Å². The van der Waals surface area contributed by atoms with E-state index in [-0.39, 0.29) is 12.0 Å². The summed E-state index contributed by atoms with van der Waals surface area (Å²) in [6, 6.07) is 8.12. The summed E-state index contributed by atoms with van der Waals surface area (Å²) in [5, 5.41) is 4.46. The Kier molecular flexibility index (Phi) is 8.53. The van der Waals surface area contributed by atoms with Crippen LogP contribution >= 0.6 is 23.2 Å². The molecular weight excluding hydrogens is 523 g/mol. The van der Waals surface area contributed by atoms with Crippen LogP contribution in [0.5, 0.6) is 0 Å². The lowest BCUT2D eigenvalue weighted by Crippen LogP contribution is -2.58. The van der Waals surface area contributed by atoms with Gasteiger partial charge in [0.2, 0.25) is 0 Å². The van der Waals surface area contributed by atoms with Crippen molar-refractivity contribution in [1.29, 1.82) is 0 Å². The van der Waals surface area contributed by atoms with Crippen molar-refractivity contribution in [1.82, 2.24) is 20.1 Å². The summed E-state index contributed by atoms with van der Waals surface area (Å²) >= 11 is 12.8. The second kappa shape index (κ2) is 12.0. The van der Waals surface area contributed by atoms with Crippen LogP contribution < -0.4 is 10.2 Å². The molecule has 1 aromatic carbocycles. The van der Waals surface area contributed by atoms with Crippen LogP contribution in [0, 0.1) is 0 Å². The molecule has 0 radical (unpaired) electrons. The number of benzene rings is 1. The Morgan fingerprint density at radius 2 is 2.03 bits per heavy atom. The number of rotatable bonds is 7. The van der Waals surface area contributed by atoms with Gasteiger partial charge in [0.1, 0.15) is 11.7 Å². The van der Waals surface area contributed by atoms with Crippen molar-refractivity contribution in [3.63, 3.8) is 0 Å². The van der Waals surface area contributed by atoms with Crippen LogP contribution in [0.1, 0.15) is 34.3 Å². The van der Waals surface area contributed by atoms with Crippen molar-refractivity contribution < 1.29 is 9.53 Å². The van der Waals surface area contributed by atoms with Gasteiger partial charge in [-0.15, -0.1) is 6.58 Å². The SMILES string of the molecule is C=C[C@H]1CN(c2ncc(C3=NCCN3)cc2Cl)CCN1C1CCN(Cc2ccc(Cl)cc2C(=O)OC)CC1. The quantitative estimate of drug-likeness (QED) is 0.410. The fraction of sp³-hybridized carbons (Fsp3) is 0.464. The van der Waals surface area contributed by atoms with Crippen molar-refractivity contribution in [3.8, 4) is 0 Å². The molecule has 1 atom stereocenters. The number of anilines is 1. The molecular formula is C28H34Cl2N6O2. The van der Waals surface area contributed by atoms with E-state index in [4.69, 9.17) is 32.9 Å². The number of ether oxygens (including phenoxy) is 1. The van der Waals surface area contributed by atoms with Gasteiger partial charge in [0.15, 0.2) is 0 Å². The van der Waals surface area contributed by atoms with E-state index in [1.165, 1.54) is 7.11 Å². The van der Waals surface area contributed by atoms with E-state index in [9.17, 15) is 4.79 Å². The average molecular weight is 558 g/mol. The number of pyridine rings is 1. The van der Waals surface area contributed by atoms with Gasteiger partial charge in [-0.25, -0.2) is 9.78 Å². The molecule has 202 valence electrons. The Labute approximate surface area is 234 Å². The second-order valence-electron chi connectivity index (χ2n) is 9.97. The van der Waals surface area contributed by atoms with Gasteiger partial charge in [-0.05, 0) is 49.7 Å². The summed E-state index contributed by atoms with van der Waals surface area (Å²) in [6.07, 6.45) is 6.03. The molecule has 3 aliphatic heterocycles. The van der Waals surface area contributed by atoms with Gasteiger partial charge in [-0.1, -0.05) is 35.3 Å². The molecule has 8 nitrogen and oxygen atoms in total. The van der Waals surface area contributed by atoms with E-state index in [2.05, 4.69) is 31.6 Å². The number of aliphatic imine (C=N–C) groups is 1. The maximum atomic E-state index is 12.2. The third-order valence-electron chi connectivity index (χ3n) is 7.70. The number of amidine groups is 1.